The Bertz CT molecular complexity index is 1100. The number of nitrogens with zero attached hydrogens (tertiary/aromatic N) is 2. The Labute approximate surface area is 147 Å². The van der Waals surface area contributed by atoms with E-state index in [1.54, 1.807) is 12.1 Å². The monoisotopic (exact) mass is 355 g/mol. The highest BCUT2D eigenvalue weighted by atomic mass is 35.5. The minimum Gasteiger partial charge on any atom is -0.312 e. The van der Waals surface area contributed by atoms with Crippen LogP contribution in [-0.4, -0.2) is 14.5 Å². The molecule has 0 radical (unpaired) electrons. The van der Waals surface area contributed by atoms with Crippen molar-refractivity contribution in [2.45, 2.75) is 0 Å². The molecule has 0 fully saturated rings. The Hall–Kier alpha value is -2.56. The maximum absolute atomic E-state index is 12.4. The third-order valence-electron chi connectivity index (χ3n) is 3.86. The van der Waals surface area contributed by atoms with Gasteiger partial charge in [-0.1, -0.05) is 53.5 Å². The first-order valence-electron chi connectivity index (χ1n) is 7.25. The summed E-state index contributed by atoms with van der Waals surface area (Å²) in [5.74, 6) is 0. The number of halogens is 2. The van der Waals surface area contributed by atoms with Crippen molar-refractivity contribution in [2.24, 2.45) is 0 Å². The van der Waals surface area contributed by atoms with Crippen LogP contribution in [0, 0.1) is 0 Å². The fourth-order valence-electron chi connectivity index (χ4n) is 2.74. The fraction of sp³-hybridized carbons (Fsp3) is 0. The molecule has 0 aliphatic carbocycles. The molecule has 0 aliphatic rings. The summed E-state index contributed by atoms with van der Waals surface area (Å²) in [5, 5.41) is 1.46. The van der Waals surface area contributed by atoms with Crippen LogP contribution >= 0.6 is 23.2 Å². The van der Waals surface area contributed by atoms with E-state index in [9.17, 15) is 4.79 Å². The third kappa shape index (κ3) is 2.40. The summed E-state index contributed by atoms with van der Waals surface area (Å²) >= 11 is 12.1. The molecule has 4 rings (SSSR count). The van der Waals surface area contributed by atoms with Gasteiger partial charge < -0.3 is 9.55 Å². The molecule has 4 nitrogen and oxygen atoms in total. The average molecular weight is 356 g/mol. The van der Waals surface area contributed by atoms with Crippen molar-refractivity contribution < 1.29 is 0 Å². The van der Waals surface area contributed by atoms with Gasteiger partial charge in [0.2, 0.25) is 0 Å². The Kier molecular flexibility index (Phi) is 3.63. The second-order valence-electron chi connectivity index (χ2n) is 5.31. The van der Waals surface area contributed by atoms with Gasteiger partial charge in [-0.25, -0.2) is 4.98 Å². The molecule has 0 saturated carbocycles. The summed E-state index contributed by atoms with van der Waals surface area (Å²) in [6.45, 7) is 0. The number of hydrogen-bond acceptors (Lipinski definition) is 2. The normalized spacial score (nSPS) is 11.1. The lowest BCUT2D eigenvalue weighted by atomic mass is 10.1. The minimum absolute atomic E-state index is 0.183. The van der Waals surface area contributed by atoms with Gasteiger partial charge in [0, 0.05) is 17.4 Å². The van der Waals surface area contributed by atoms with Gasteiger partial charge in [-0.05, 0) is 23.8 Å². The van der Waals surface area contributed by atoms with Crippen molar-refractivity contribution in [3.05, 3.63) is 81.5 Å². The SMILES string of the molecule is O=c1[nH]cnc2c1c(-c1ccccc1)cn2-c1ccc(Cl)c(Cl)c1. The summed E-state index contributed by atoms with van der Waals surface area (Å²) in [7, 11) is 0. The van der Waals surface area contributed by atoms with E-state index in [0.717, 1.165) is 16.8 Å². The first kappa shape index (κ1) is 15.0. The smallest absolute Gasteiger partial charge is 0.260 e. The van der Waals surface area contributed by atoms with Gasteiger partial charge in [-0.15, -0.1) is 0 Å². The zero-order valence-electron chi connectivity index (χ0n) is 12.3. The van der Waals surface area contributed by atoms with Gasteiger partial charge in [-0.2, -0.15) is 0 Å². The molecule has 0 unspecified atom stereocenters. The number of hydrogen-bond donors (Lipinski definition) is 1. The van der Waals surface area contributed by atoms with E-state index in [1.807, 2.05) is 47.2 Å². The van der Waals surface area contributed by atoms with Crippen LogP contribution in [0.5, 0.6) is 0 Å². The van der Waals surface area contributed by atoms with Crippen molar-refractivity contribution in [1.29, 1.82) is 0 Å². The van der Waals surface area contributed by atoms with Gasteiger partial charge in [0.05, 0.1) is 21.8 Å². The topological polar surface area (TPSA) is 50.7 Å². The number of rotatable bonds is 2. The zero-order valence-corrected chi connectivity index (χ0v) is 13.8. The van der Waals surface area contributed by atoms with Gasteiger partial charge >= 0.3 is 0 Å². The predicted octanol–water partition coefficient (Wildman–Crippen LogP) is 4.69. The molecule has 24 heavy (non-hydrogen) atoms. The highest BCUT2D eigenvalue weighted by Crippen LogP contribution is 2.31. The Balaban J connectivity index is 2.06. The second-order valence-corrected chi connectivity index (χ2v) is 6.12. The van der Waals surface area contributed by atoms with Crippen LogP contribution in [0.25, 0.3) is 27.8 Å². The summed E-state index contributed by atoms with van der Waals surface area (Å²) in [6, 6.07) is 15.0. The minimum atomic E-state index is -0.183. The molecule has 6 heteroatoms. The van der Waals surface area contributed by atoms with Crippen molar-refractivity contribution in [2.75, 3.05) is 0 Å². The summed E-state index contributed by atoms with van der Waals surface area (Å²) in [4.78, 5) is 19.4. The van der Waals surface area contributed by atoms with E-state index in [1.165, 1.54) is 6.33 Å². The lowest BCUT2D eigenvalue weighted by Crippen LogP contribution is -2.07. The van der Waals surface area contributed by atoms with E-state index < -0.39 is 0 Å². The van der Waals surface area contributed by atoms with Gasteiger partial charge in [0.15, 0.2) is 5.65 Å². The van der Waals surface area contributed by atoms with E-state index in [2.05, 4.69) is 9.97 Å². The van der Waals surface area contributed by atoms with Gasteiger partial charge in [-0.3, -0.25) is 4.79 Å². The summed E-state index contributed by atoms with van der Waals surface area (Å²) < 4.78 is 1.84. The van der Waals surface area contributed by atoms with E-state index in [4.69, 9.17) is 23.2 Å². The Morgan fingerprint density at radius 3 is 2.54 bits per heavy atom. The molecular formula is C18H11Cl2N3O. The molecule has 2 heterocycles. The predicted molar refractivity (Wildman–Crippen MR) is 97.1 cm³/mol. The van der Waals surface area contributed by atoms with Gasteiger partial charge in [0.1, 0.15) is 0 Å². The number of aromatic amines is 1. The number of benzene rings is 2. The maximum atomic E-state index is 12.4. The fourth-order valence-corrected chi connectivity index (χ4v) is 3.03. The van der Waals surface area contributed by atoms with Crippen LogP contribution in [0.3, 0.4) is 0 Å². The first-order valence-corrected chi connectivity index (χ1v) is 8.00. The van der Waals surface area contributed by atoms with Crippen LogP contribution < -0.4 is 5.56 Å². The van der Waals surface area contributed by atoms with E-state index >= 15 is 0 Å². The molecule has 2 aromatic carbocycles. The molecule has 0 amide bonds. The van der Waals surface area contributed by atoms with E-state index in [0.29, 0.717) is 21.1 Å². The van der Waals surface area contributed by atoms with Crippen molar-refractivity contribution in [1.82, 2.24) is 14.5 Å². The zero-order chi connectivity index (χ0) is 16.7. The number of nitrogens with one attached hydrogen (secondary N) is 1. The number of fused-ring (bicyclic) bond motifs is 1. The summed E-state index contributed by atoms with van der Waals surface area (Å²) in [6.07, 6.45) is 3.29. The first-order chi connectivity index (χ1) is 11.6. The quantitative estimate of drug-likeness (QED) is 0.567. The average Bonchev–Trinajstić information content (AvgIpc) is 2.99. The number of H-pyrrole nitrogens is 1. The maximum Gasteiger partial charge on any atom is 0.260 e. The van der Waals surface area contributed by atoms with Crippen molar-refractivity contribution in [3.8, 4) is 16.8 Å². The molecule has 4 aromatic rings. The third-order valence-corrected chi connectivity index (χ3v) is 4.59. The Morgan fingerprint density at radius 2 is 1.79 bits per heavy atom. The van der Waals surface area contributed by atoms with Crippen LogP contribution in [0.2, 0.25) is 10.0 Å². The molecule has 0 spiro atoms. The molecule has 0 atom stereocenters. The van der Waals surface area contributed by atoms with Crippen LogP contribution in [0.1, 0.15) is 0 Å². The van der Waals surface area contributed by atoms with Crippen LogP contribution in [-0.2, 0) is 0 Å². The molecule has 1 N–H and O–H groups in total. The van der Waals surface area contributed by atoms with Crippen molar-refractivity contribution >= 4 is 34.2 Å². The Morgan fingerprint density at radius 1 is 1.00 bits per heavy atom. The highest BCUT2D eigenvalue weighted by molar-refractivity contribution is 6.42. The standard InChI is InChI=1S/C18H11Cl2N3O/c19-14-7-6-12(8-15(14)20)23-9-13(11-4-2-1-3-5-11)16-17(23)21-10-22-18(16)24/h1-10H,(H,21,22,24). The van der Waals surface area contributed by atoms with Crippen LogP contribution in [0.15, 0.2) is 65.8 Å². The van der Waals surface area contributed by atoms with E-state index in [-0.39, 0.29) is 5.56 Å². The highest BCUT2D eigenvalue weighted by Gasteiger charge is 2.16. The molecule has 2 aromatic heterocycles. The molecule has 0 bridgehead atoms. The van der Waals surface area contributed by atoms with Crippen LogP contribution in [0.4, 0.5) is 0 Å². The van der Waals surface area contributed by atoms with Gasteiger partial charge in [0.25, 0.3) is 5.56 Å². The molecule has 0 saturated heterocycles. The molecular weight excluding hydrogens is 345 g/mol. The largest absolute Gasteiger partial charge is 0.312 e. The number of aromatic nitrogens is 3. The lowest BCUT2D eigenvalue weighted by molar-refractivity contribution is 1.07. The van der Waals surface area contributed by atoms with Crippen molar-refractivity contribution in [3.63, 3.8) is 0 Å². The molecule has 0 aliphatic heterocycles. The molecule has 118 valence electrons. The second kappa shape index (κ2) is 5.82. The lowest BCUT2D eigenvalue weighted by Gasteiger charge is -2.05. The summed E-state index contributed by atoms with van der Waals surface area (Å²) in [5.41, 5.74) is 2.93.